The zero-order valence-electron chi connectivity index (χ0n) is 16.1. The number of carbonyl (C=O) groups is 1. The summed E-state index contributed by atoms with van der Waals surface area (Å²) >= 11 is 0. The van der Waals surface area contributed by atoms with Crippen LogP contribution in [0.3, 0.4) is 0 Å². The minimum absolute atomic E-state index is 0.120. The first kappa shape index (κ1) is 19.2. The minimum atomic E-state index is -0.120. The lowest BCUT2D eigenvalue weighted by molar-refractivity contribution is -0.150. The van der Waals surface area contributed by atoms with Crippen molar-refractivity contribution in [2.45, 2.75) is 12.8 Å². The van der Waals surface area contributed by atoms with Crippen LogP contribution in [-0.2, 0) is 9.63 Å². The van der Waals surface area contributed by atoms with Gasteiger partial charge in [-0.3, -0.25) is 10.2 Å². The Kier molecular flexibility index (Phi) is 5.74. The van der Waals surface area contributed by atoms with Crippen LogP contribution in [0.4, 0.5) is 11.5 Å². The summed E-state index contributed by atoms with van der Waals surface area (Å²) in [6, 6.07) is 11.6. The summed E-state index contributed by atoms with van der Waals surface area (Å²) in [7, 11) is 4.00. The van der Waals surface area contributed by atoms with E-state index < -0.39 is 0 Å². The normalized spacial score (nSPS) is 13.9. The molecule has 7 nitrogen and oxygen atoms in total. The van der Waals surface area contributed by atoms with Crippen molar-refractivity contribution < 1.29 is 9.63 Å². The third-order valence-electron chi connectivity index (χ3n) is 4.23. The molecule has 28 heavy (non-hydrogen) atoms. The molecule has 2 aromatic rings. The van der Waals surface area contributed by atoms with Crippen LogP contribution in [0.15, 0.2) is 66.6 Å². The summed E-state index contributed by atoms with van der Waals surface area (Å²) in [5, 5.41) is 5.39. The van der Waals surface area contributed by atoms with Crippen molar-refractivity contribution in [2.24, 2.45) is 5.10 Å². The molecule has 1 aliphatic rings. The zero-order valence-corrected chi connectivity index (χ0v) is 16.1. The molecule has 1 amide bonds. The van der Waals surface area contributed by atoms with Gasteiger partial charge in [-0.15, -0.1) is 5.06 Å². The average Bonchev–Trinajstić information content (AvgIpc) is 3.01. The molecule has 3 rings (SSSR count). The number of nitrogens with zero attached hydrogens (tertiary/aromatic N) is 4. The van der Waals surface area contributed by atoms with Crippen LogP contribution in [0.1, 0.15) is 24.0 Å². The van der Waals surface area contributed by atoms with Crippen LogP contribution in [0, 0.1) is 0 Å². The van der Waals surface area contributed by atoms with E-state index in [9.17, 15) is 4.79 Å². The highest BCUT2D eigenvalue weighted by atomic mass is 16.7. The third-order valence-corrected chi connectivity index (χ3v) is 4.23. The smallest absolute Gasteiger partial charge is 0.260 e. The molecular weight excluding hydrogens is 354 g/mol. The van der Waals surface area contributed by atoms with Gasteiger partial charge in [0.25, 0.3) is 5.91 Å². The summed E-state index contributed by atoms with van der Waals surface area (Å²) in [5.74, 6) is 0.796. The van der Waals surface area contributed by atoms with Gasteiger partial charge in [0, 0.05) is 38.0 Å². The van der Waals surface area contributed by atoms with Crippen molar-refractivity contribution in [3.8, 4) is 0 Å². The monoisotopic (exact) mass is 377 g/mol. The van der Waals surface area contributed by atoms with Crippen molar-refractivity contribution in [3.05, 3.63) is 72.6 Å². The van der Waals surface area contributed by atoms with E-state index in [4.69, 9.17) is 4.84 Å². The van der Waals surface area contributed by atoms with E-state index in [1.54, 1.807) is 24.5 Å². The maximum atomic E-state index is 11.7. The lowest BCUT2D eigenvalue weighted by Crippen LogP contribution is -2.22. The average molecular weight is 377 g/mol. The molecule has 0 saturated carbocycles. The molecule has 0 spiro atoms. The number of aromatic nitrogens is 1. The van der Waals surface area contributed by atoms with Gasteiger partial charge >= 0.3 is 0 Å². The Morgan fingerprint density at radius 2 is 2.00 bits per heavy atom. The van der Waals surface area contributed by atoms with Gasteiger partial charge < -0.3 is 9.74 Å². The first-order valence-corrected chi connectivity index (χ1v) is 8.84. The number of nitrogens with one attached hydrogen (secondary N) is 1. The van der Waals surface area contributed by atoms with Gasteiger partial charge in [0.2, 0.25) is 0 Å². The highest BCUT2D eigenvalue weighted by Crippen LogP contribution is 2.25. The molecule has 1 N–H and O–H groups in total. The van der Waals surface area contributed by atoms with Crippen molar-refractivity contribution >= 4 is 29.4 Å². The number of hydrazone groups is 1. The lowest BCUT2D eigenvalue weighted by Gasteiger charge is -2.18. The molecule has 2 heterocycles. The molecule has 1 aromatic carbocycles. The summed E-state index contributed by atoms with van der Waals surface area (Å²) in [5.41, 5.74) is 6.29. The van der Waals surface area contributed by atoms with E-state index in [0.717, 1.165) is 11.3 Å². The quantitative estimate of drug-likeness (QED) is 0.453. The molecule has 144 valence electrons. The fourth-order valence-electron chi connectivity index (χ4n) is 2.57. The van der Waals surface area contributed by atoms with Gasteiger partial charge in [-0.05, 0) is 36.2 Å². The molecule has 0 aliphatic carbocycles. The van der Waals surface area contributed by atoms with Crippen LogP contribution in [-0.4, -0.2) is 36.3 Å². The number of rotatable bonds is 7. The first-order chi connectivity index (χ1) is 13.4. The Morgan fingerprint density at radius 3 is 2.57 bits per heavy atom. The second-order valence-electron chi connectivity index (χ2n) is 6.56. The Balaban J connectivity index is 1.56. The van der Waals surface area contributed by atoms with Crippen LogP contribution in [0.2, 0.25) is 0 Å². The SMILES string of the molecule is C=C(ON1C(=C)CCC1=O)c1ccc(N/N=C/c2ccc(N(C)C)cc2)nc1. The second kappa shape index (κ2) is 8.39. The fraction of sp³-hybridized carbons (Fsp3) is 0.190. The van der Waals surface area contributed by atoms with Crippen LogP contribution in [0.25, 0.3) is 5.76 Å². The highest BCUT2D eigenvalue weighted by Gasteiger charge is 2.26. The van der Waals surface area contributed by atoms with Crippen molar-refractivity contribution in [2.75, 3.05) is 24.4 Å². The van der Waals surface area contributed by atoms with E-state index in [1.165, 1.54) is 5.06 Å². The number of pyridine rings is 1. The summed E-state index contributed by atoms with van der Waals surface area (Å²) in [6.45, 7) is 7.67. The molecule has 1 fully saturated rings. The van der Waals surface area contributed by atoms with Crippen molar-refractivity contribution in [1.82, 2.24) is 10.0 Å². The maximum absolute atomic E-state index is 11.7. The van der Waals surface area contributed by atoms with E-state index in [-0.39, 0.29) is 5.91 Å². The summed E-state index contributed by atoms with van der Waals surface area (Å²) < 4.78 is 0. The Hall–Kier alpha value is -3.61. The molecular formula is C21H23N5O2. The zero-order chi connectivity index (χ0) is 20.1. The molecule has 0 radical (unpaired) electrons. The van der Waals surface area contributed by atoms with Gasteiger partial charge in [0.15, 0.2) is 5.76 Å². The predicted octanol–water partition coefficient (Wildman–Crippen LogP) is 3.63. The standard InChI is InChI=1S/C21H23N5O2/c1-15-5-12-21(27)26(15)28-16(2)18-8-11-20(22-14-18)24-23-13-17-6-9-19(10-7-17)25(3)4/h6-11,13-14H,1-2,5,12H2,3-4H3,(H,22,24)/b23-13+. The van der Waals surface area contributed by atoms with E-state index >= 15 is 0 Å². The Bertz CT molecular complexity index is 885. The molecule has 0 atom stereocenters. The second-order valence-corrected chi connectivity index (χ2v) is 6.56. The van der Waals surface area contributed by atoms with E-state index in [0.29, 0.717) is 35.7 Å². The summed E-state index contributed by atoms with van der Waals surface area (Å²) in [6.07, 6.45) is 4.34. The van der Waals surface area contributed by atoms with Crippen LogP contribution >= 0.6 is 0 Å². The maximum Gasteiger partial charge on any atom is 0.260 e. The summed E-state index contributed by atoms with van der Waals surface area (Å²) in [4.78, 5) is 23.6. The predicted molar refractivity (Wildman–Crippen MR) is 112 cm³/mol. The van der Waals surface area contributed by atoms with E-state index in [1.807, 2.05) is 43.3 Å². The van der Waals surface area contributed by atoms with Crippen LogP contribution < -0.4 is 10.3 Å². The highest BCUT2D eigenvalue weighted by molar-refractivity contribution is 5.81. The number of anilines is 2. The van der Waals surface area contributed by atoms with Gasteiger partial charge in [-0.25, -0.2) is 4.98 Å². The number of amides is 1. The Morgan fingerprint density at radius 1 is 1.25 bits per heavy atom. The van der Waals surface area contributed by atoms with Gasteiger partial charge in [-0.1, -0.05) is 25.3 Å². The minimum Gasteiger partial charge on any atom is -0.378 e. The number of carbonyl (C=O) groups excluding carboxylic acids is 1. The number of hydrogen-bond acceptors (Lipinski definition) is 6. The van der Waals surface area contributed by atoms with Crippen molar-refractivity contribution in [3.63, 3.8) is 0 Å². The first-order valence-electron chi connectivity index (χ1n) is 8.84. The van der Waals surface area contributed by atoms with Crippen LogP contribution in [0.5, 0.6) is 0 Å². The number of hydroxylamine groups is 2. The molecule has 1 aromatic heterocycles. The molecule has 0 bridgehead atoms. The van der Waals surface area contributed by atoms with Gasteiger partial charge in [-0.2, -0.15) is 5.10 Å². The molecule has 0 unspecified atom stereocenters. The van der Waals surface area contributed by atoms with E-state index in [2.05, 4.69) is 28.7 Å². The van der Waals surface area contributed by atoms with Gasteiger partial charge in [0.1, 0.15) is 5.82 Å². The van der Waals surface area contributed by atoms with Crippen molar-refractivity contribution in [1.29, 1.82) is 0 Å². The fourth-order valence-corrected chi connectivity index (χ4v) is 2.57. The largest absolute Gasteiger partial charge is 0.378 e. The Labute approximate surface area is 164 Å². The lowest BCUT2D eigenvalue weighted by atomic mass is 10.2. The number of hydrogen-bond donors (Lipinski definition) is 1. The molecule has 1 aliphatic heterocycles. The molecule has 7 heteroatoms. The molecule has 1 saturated heterocycles. The third kappa shape index (κ3) is 4.56. The van der Waals surface area contributed by atoms with Gasteiger partial charge in [0.05, 0.1) is 11.9 Å². The number of allylic oxidation sites excluding steroid dienone is 1. The topological polar surface area (TPSA) is 70.1 Å². The number of benzene rings is 1.